The molecule has 0 atom stereocenters. The Morgan fingerprint density at radius 1 is 1.17 bits per heavy atom. The van der Waals surface area contributed by atoms with Crippen LogP contribution in [0.25, 0.3) is 5.65 Å². The fourth-order valence-electron chi connectivity index (χ4n) is 2.37. The highest BCUT2D eigenvalue weighted by Gasteiger charge is 2.30. The summed E-state index contributed by atoms with van der Waals surface area (Å²) in [6, 6.07) is 9.10. The molecule has 0 aliphatic heterocycles. The first kappa shape index (κ1) is 15.7. The minimum absolute atomic E-state index is 0.0562. The van der Waals surface area contributed by atoms with Crippen LogP contribution in [0.3, 0.4) is 0 Å². The Hall–Kier alpha value is -2.21. The summed E-state index contributed by atoms with van der Waals surface area (Å²) in [5, 5.41) is 3.12. The summed E-state index contributed by atoms with van der Waals surface area (Å²) in [6.07, 6.45) is -0.112. The zero-order valence-electron chi connectivity index (χ0n) is 11.9. The van der Waals surface area contributed by atoms with E-state index in [0.29, 0.717) is 18.7 Å². The first-order chi connectivity index (χ1) is 10.9. The molecule has 0 bridgehead atoms. The summed E-state index contributed by atoms with van der Waals surface area (Å²) in [7, 11) is 0. The second-order valence-corrected chi connectivity index (χ2v) is 5.45. The van der Waals surface area contributed by atoms with Crippen molar-refractivity contribution < 1.29 is 13.2 Å². The van der Waals surface area contributed by atoms with Crippen LogP contribution >= 0.6 is 11.6 Å². The van der Waals surface area contributed by atoms with Gasteiger partial charge in [0.2, 0.25) is 0 Å². The third kappa shape index (κ3) is 3.42. The Bertz CT molecular complexity index is 827. The van der Waals surface area contributed by atoms with Crippen molar-refractivity contribution in [2.24, 2.45) is 0 Å². The number of aromatic nitrogens is 2. The molecule has 2 heterocycles. The van der Waals surface area contributed by atoms with Gasteiger partial charge in [0.1, 0.15) is 5.65 Å². The Morgan fingerprint density at radius 2 is 2.00 bits per heavy atom. The van der Waals surface area contributed by atoms with Gasteiger partial charge in [-0.15, -0.1) is 0 Å². The van der Waals surface area contributed by atoms with Crippen molar-refractivity contribution in [1.29, 1.82) is 0 Å². The maximum Gasteiger partial charge on any atom is 0.416 e. The lowest BCUT2D eigenvalue weighted by Crippen LogP contribution is -2.09. The number of anilines is 1. The second kappa shape index (κ2) is 6.12. The molecule has 3 aromatic rings. The van der Waals surface area contributed by atoms with Gasteiger partial charge in [-0.2, -0.15) is 13.2 Å². The summed E-state index contributed by atoms with van der Waals surface area (Å²) >= 11 is 5.92. The third-order valence-electron chi connectivity index (χ3n) is 3.51. The lowest BCUT2D eigenvalue weighted by Gasteiger charge is -2.12. The van der Waals surface area contributed by atoms with E-state index in [1.165, 1.54) is 6.07 Å². The molecule has 0 fully saturated rings. The highest BCUT2D eigenvalue weighted by Crippen LogP contribution is 2.33. The van der Waals surface area contributed by atoms with Crippen LogP contribution in [-0.2, 0) is 12.6 Å². The molecule has 0 radical (unpaired) electrons. The fraction of sp³-hybridized carbons (Fsp3) is 0.188. The van der Waals surface area contributed by atoms with Crippen molar-refractivity contribution in [3.8, 4) is 0 Å². The maximum atomic E-state index is 12.6. The lowest BCUT2D eigenvalue weighted by molar-refractivity contribution is -0.137. The maximum absolute atomic E-state index is 12.6. The fourth-order valence-corrected chi connectivity index (χ4v) is 2.62. The van der Waals surface area contributed by atoms with Crippen LogP contribution in [0.4, 0.5) is 18.9 Å². The van der Waals surface area contributed by atoms with Crippen molar-refractivity contribution in [3.05, 3.63) is 65.1 Å². The van der Waals surface area contributed by atoms with Crippen molar-refractivity contribution in [2.45, 2.75) is 12.6 Å². The number of halogens is 4. The minimum Gasteiger partial charge on any atom is -0.383 e. The second-order valence-electron chi connectivity index (χ2n) is 5.04. The van der Waals surface area contributed by atoms with Gasteiger partial charge < -0.3 is 9.72 Å². The molecular formula is C16H13ClF3N3. The number of nitrogens with zero attached hydrogens (tertiary/aromatic N) is 2. The summed E-state index contributed by atoms with van der Waals surface area (Å²) in [6.45, 7) is 0.544. The average Bonchev–Trinajstić information content (AvgIpc) is 2.97. The number of imidazole rings is 1. The van der Waals surface area contributed by atoms with Crippen LogP contribution in [0.15, 0.2) is 48.8 Å². The van der Waals surface area contributed by atoms with Gasteiger partial charge in [0, 0.05) is 31.1 Å². The van der Waals surface area contributed by atoms with E-state index >= 15 is 0 Å². The molecular weight excluding hydrogens is 327 g/mol. The third-order valence-corrected chi connectivity index (χ3v) is 3.82. The van der Waals surface area contributed by atoms with Crippen LogP contribution in [-0.4, -0.2) is 15.9 Å². The van der Waals surface area contributed by atoms with E-state index in [0.717, 1.165) is 23.5 Å². The Balaban J connectivity index is 1.68. The van der Waals surface area contributed by atoms with Crippen molar-refractivity contribution in [2.75, 3.05) is 11.9 Å². The largest absolute Gasteiger partial charge is 0.416 e. The van der Waals surface area contributed by atoms with Gasteiger partial charge in [0.25, 0.3) is 0 Å². The Labute approximate surface area is 135 Å². The van der Waals surface area contributed by atoms with Crippen molar-refractivity contribution in [1.82, 2.24) is 9.38 Å². The standard InChI is InChI=1S/C16H13ClF3N3/c17-13-10-11(16(18,19)20)4-5-14(13)21-7-6-12-2-1-3-15-22-8-9-23(12)15/h1-5,8-10,21H,6-7H2. The monoisotopic (exact) mass is 339 g/mol. The highest BCUT2D eigenvalue weighted by atomic mass is 35.5. The number of hydrogen-bond donors (Lipinski definition) is 1. The molecule has 0 unspecified atom stereocenters. The molecule has 1 aromatic carbocycles. The predicted octanol–water partition coefficient (Wildman–Crippen LogP) is 4.66. The van der Waals surface area contributed by atoms with Gasteiger partial charge >= 0.3 is 6.18 Å². The van der Waals surface area contributed by atoms with Gasteiger partial charge in [-0.05, 0) is 30.3 Å². The van der Waals surface area contributed by atoms with Gasteiger partial charge in [-0.25, -0.2) is 4.98 Å². The minimum atomic E-state index is -4.39. The van der Waals surface area contributed by atoms with E-state index in [2.05, 4.69) is 10.3 Å². The highest BCUT2D eigenvalue weighted by molar-refractivity contribution is 6.33. The summed E-state index contributed by atoms with van der Waals surface area (Å²) in [5.41, 5.74) is 1.64. The molecule has 2 aromatic heterocycles. The van der Waals surface area contributed by atoms with Gasteiger partial charge in [-0.1, -0.05) is 17.7 Å². The van der Waals surface area contributed by atoms with E-state index in [9.17, 15) is 13.2 Å². The molecule has 120 valence electrons. The number of benzene rings is 1. The number of alkyl halides is 3. The number of nitrogens with one attached hydrogen (secondary N) is 1. The summed E-state index contributed by atoms with van der Waals surface area (Å²) in [4.78, 5) is 4.21. The number of pyridine rings is 1. The molecule has 0 aliphatic carbocycles. The van der Waals surface area contributed by atoms with E-state index in [1.807, 2.05) is 28.8 Å². The van der Waals surface area contributed by atoms with Gasteiger partial charge in [0.15, 0.2) is 0 Å². The van der Waals surface area contributed by atoms with Crippen LogP contribution in [0.2, 0.25) is 5.02 Å². The zero-order chi connectivity index (χ0) is 16.4. The Morgan fingerprint density at radius 3 is 2.74 bits per heavy atom. The summed E-state index contributed by atoms with van der Waals surface area (Å²) in [5.74, 6) is 0. The first-order valence-electron chi connectivity index (χ1n) is 6.97. The van der Waals surface area contributed by atoms with E-state index in [-0.39, 0.29) is 5.02 Å². The molecule has 23 heavy (non-hydrogen) atoms. The molecule has 1 N–H and O–H groups in total. The SMILES string of the molecule is FC(F)(F)c1ccc(NCCc2cccc3nccn23)c(Cl)c1. The molecule has 0 amide bonds. The molecule has 0 saturated carbocycles. The summed E-state index contributed by atoms with van der Waals surface area (Å²) < 4.78 is 39.8. The molecule has 0 spiro atoms. The molecule has 0 aliphatic rings. The smallest absolute Gasteiger partial charge is 0.383 e. The van der Waals surface area contributed by atoms with Crippen LogP contribution < -0.4 is 5.32 Å². The topological polar surface area (TPSA) is 29.3 Å². The van der Waals surface area contributed by atoms with Gasteiger partial charge in [-0.3, -0.25) is 0 Å². The van der Waals surface area contributed by atoms with Crippen molar-refractivity contribution >= 4 is 22.9 Å². The average molecular weight is 340 g/mol. The number of hydrogen-bond acceptors (Lipinski definition) is 2. The number of fused-ring (bicyclic) bond motifs is 1. The van der Waals surface area contributed by atoms with E-state index in [1.54, 1.807) is 6.20 Å². The molecule has 0 saturated heterocycles. The lowest BCUT2D eigenvalue weighted by atomic mass is 10.2. The van der Waals surface area contributed by atoms with Crippen molar-refractivity contribution in [3.63, 3.8) is 0 Å². The zero-order valence-corrected chi connectivity index (χ0v) is 12.7. The van der Waals surface area contributed by atoms with E-state index < -0.39 is 11.7 Å². The predicted molar refractivity (Wildman–Crippen MR) is 83.8 cm³/mol. The van der Waals surface area contributed by atoms with E-state index in [4.69, 9.17) is 11.6 Å². The molecule has 3 nitrogen and oxygen atoms in total. The van der Waals surface area contributed by atoms with Crippen LogP contribution in [0.5, 0.6) is 0 Å². The Kier molecular flexibility index (Phi) is 4.17. The number of rotatable bonds is 4. The van der Waals surface area contributed by atoms with Gasteiger partial charge in [0.05, 0.1) is 16.3 Å². The quantitative estimate of drug-likeness (QED) is 0.749. The molecule has 3 rings (SSSR count). The van der Waals surface area contributed by atoms with Crippen LogP contribution in [0, 0.1) is 0 Å². The van der Waals surface area contributed by atoms with Crippen LogP contribution in [0.1, 0.15) is 11.3 Å². The first-order valence-corrected chi connectivity index (χ1v) is 7.34. The normalized spacial score (nSPS) is 11.8. The molecule has 7 heteroatoms.